The molecule has 0 saturated heterocycles. The molecule has 8 heteroatoms. The van der Waals surface area contributed by atoms with Crippen LogP contribution in [0.5, 0.6) is 11.5 Å². The molecule has 3 atom stereocenters. The lowest BCUT2D eigenvalue weighted by Gasteiger charge is -2.43. The predicted molar refractivity (Wildman–Crippen MR) is 117 cm³/mol. The Morgan fingerprint density at radius 1 is 1.19 bits per heavy atom. The summed E-state index contributed by atoms with van der Waals surface area (Å²) in [5.74, 6) is 1.02. The van der Waals surface area contributed by atoms with Gasteiger partial charge in [-0.1, -0.05) is 23.7 Å². The monoisotopic (exact) mass is 434 g/mol. The van der Waals surface area contributed by atoms with Gasteiger partial charge in [0.2, 0.25) is 5.91 Å². The number of hydrogen-bond acceptors (Lipinski definition) is 5. The predicted octanol–water partition coefficient (Wildman–Crippen LogP) is 3.99. The highest BCUT2D eigenvalue weighted by Crippen LogP contribution is 2.46. The molecule has 2 aliphatic heterocycles. The summed E-state index contributed by atoms with van der Waals surface area (Å²) in [6.45, 7) is 1.59. The van der Waals surface area contributed by atoms with Gasteiger partial charge < -0.3 is 4.74 Å². The average molecular weight is 435 g/mol. The molecule has 7 nitrogen and oxygen atoms in total. The van der Waals surface area contributed by atoms with E-state index >= 15 is 0 Å². The number of fused-ring (bicyclic) bond motifs is 2. The quantitative estimate of drug-likeness (QED) is 0.675. The highest BCUT2D eigenvalue weighted by Gasteiger charge is 2.48. The van der Waals surface area contributed by atoms with Gasteiger partial charge in [-0.25, -0.2) is 0 Å². The smallest absolute Gasteiger partial charge is 0.225 e. The van der Waals surface area contributed by atoms with Crippen molar-refractivity contribution in [2.24, 2.45) is 10.9 Å². The summed E-state index contributed by atoms with van der Waals surface area (Å²) in [4.78, 5) is 31.2. The van der Waals surface area contributed by atoms with E-state index in [0.717, 1.165) is 11.1 Å². The van der Waals surface area contributed by atoms with Gasteiger partial charge in [-0.2, -0.15) is 5.10 Å². The number of H-pyrrole nitrogens is 1. The fraction of sp³-hybridized carbons (Fsp3) is 0.217. The van der Waals surface area contributed by atoms with Crippen molar-refractivity contribution in [1.29, 1.82) is 0 Å². The molecule has 156 valence electrons. The number of ketones is 1. The zero-order valence-corrected chi connectivity index (χ0v) is 17.4. The van der Waals surface area contributed by atoms with Crippen LogP contribution in [0.3, 0.4) is 0 Å². The van der Waals surface area contributed by atoms with Gasteiger partial charge in [0.25, 0.3) is 0 Å². The minimum Gasteiger partial charge on any atom is -0.457 e. The number of aromatic amines is 1. The summed E-state index contributed by atoms with van der Waals surface area (Å²) >= 11 is 5.96. The van der Waals surface area contributed by atoms with Crippen LogP contribution in [-0.2, 0) is 9.59 Å². The molecule has 1 amide bonds. The average Bonchev–Trinajstić information content (AvgIpc) is 3.23. The summed E-state index contributed by atoms with van der Waals surface area (Å²) in [5.41, 5.74) is 1.72. The van der Waals surface area contributed by atoms with E-state index in [2.05, 4.69) is 15.2 Å². The summed E-state index contributed by atoms with van der Waals surface area (Å²) in [5, 5.41) is 7.74. The first kappa shape index (κ1) is 19.5. The SMILES string of the molecule is CC(=O)N1c2[nH]ncc2C(c2cccc(Oc3ccc(Cl)cc3)c2)C2C(=O)CN=CC21. The molecule has 1 N–H and O–H groups in total. The zero-order valence-electron chi connectivity index (χ0n) is 16.7. The normalized spacial score (nSPS) is 22.1. The number of carbonyl (C=O) groups excluding carboxylic acids is 2. The maximum Gasteiger partial charge on any atom is 0.225 e. The van der Waals surface area contributed by atoms with Crippen LogP contribution >= 0.6 is 11.6 Å². The molecule has 3 aromatic rings. The summed E-state index contributed by atoms with van der Waals surface area (Å²) < 4.78 is 6.00. The molecule has 0 radical (unpaired) electrons. The maximum absolute atomic E-state index is 13.0. The third-order valence-electron chi connectivity index (χ3n) is 5.73. The fourth-order valence-corrected chi connectivity index (χ4v) is 4.59. The second kappa shape index (κ2) is 7.67. The molecule has 2 aliphatic rings. The highest BCUT2D eigenvalue weighted by atomic mass is 35.5. The van der Waals surface area contributed by atoms with E-state index < -0.39 is 12.0 Å². The number of aromatic nitrogens is 2. The Balaban J connectivity index is 1.58. The van der Waals surface area contributed by atoms with Crippen molar-refractivity contribution < 1.29 is 14.3 Å². The molecule has 0 spiro atoms. The molecular formula is C23H19ClN4O3. The van der Waals surface area contributed by atoms with Crippen molar-refractivity contribution in [2.45, 2.75) is 18.9 Å². The van der Waals surface area contributed by atoms with Gasteiger partial charge >= 0.3 is 0 Å². The third-order valence-corrected chi connectivity index (χ3v) is 5.98. The number of nitrogens with one attached hydrogen (secondary N) is 1. The third kappa shape index (κ3) is 3.41. The van der Waals surface area contributed by atoms with E-state index in [1.807, 2.05) is 24.3 Å². The van der Waals surface area contributed by atoms with Gasteiger partial charge in [-0.3, -0.25) is 24.6 Å². The topological polar surface area (TPSA) is 87.6 Å². The fourth-order valence-electron chi connectivity index (χ4n) is 4.47. The lowest BCUT2D eigenvalue weighted by Crippen LogP contribution is -2.55. The van der Waals surface area contributed by atoms with Gasteiger partial charge in [-0.15, -0.1) is 0 Å². The number of anilines is 1. The largest absolute Gasteiger partial charge is 0.457 e. The van der Waals surface area contributed by atoms with E-state index in [1.54, 1.807) is 41.6 Å². The van der Waals surface area contributed by atoms with Crippen molar-refractivity contribution in [1.82, 2.24) is 10.2 Å². The Labute approximate surface area is 183 Å². The van der Waals surface area contributed by atoms with E-state index in [9.17, 15) is 9.59 Å². The molecular weight excluding hydrogens is 416 g/mol. The molecule has 1 aromatic heterocycles. The zero-order chi connectivity index (χ0) is 21.5. The second-order valence-corrected chi connectivity index (χ2v) is 8.08. The maximum atomic E-state index is 13.0. The van der Waals surface area contributed by atoms with E-state index in [-0.39, 0.29) is 24.2 Å². The van der Waals surface area contributed by atoms with Gasteiger partial charge in [0, 0.05) is 29.6 Å². The van der Waals surface area contributed by atoms with Crippen molar-refractivity contribution in [3.05, 3.63) is 70.9 Å². The Hall–Kier alpha value is -3.45. The minimum absolute atomic E-state index is 0.000349. The van der Waals surface area contributed by atoms with Gasteiger partial charge in [0.15, 0.2) is 5.78 Å². The first-order valence-electron chi connectivity index (χ1n) is 9.92. The van der Waals surface area contributed by atoms with Crippen LogP contribution in [0.4, 0.5) is 5.82 Å². The molecule has 5 rings (SSSR count). The van der Waals surface area contributed by atoms with Crippen LogP contribution in [-0.4, -0.2) is 40.7 Å². The summed E-state index contributed by atoms with van der Waals surface area (Å²) in [6.07, 6.45) is 3.40. The number of halogens is 1. The number of Topliss-reactive ketones (excluding diaryl/α,β-unsaturated/α-hetero) is 1. The Morgan fingerprint density at radius 3 is 2.77 bits per heavy atom. The number of hydrogen-bond donors (Lipinski definition) is 1. The number of aliphatic imine (C=N–C) groups is 1. The first-order valence-corrected chi connectivity index (χ1v) is 10.3. The number of carbonyl (C=O) groups is 2. The lowest BCUT2D eigenvalue weighted by molar-refractivity contribution is -0.123. The standard InChI is InChI=1S/C23H19ClN4O3/c1-13(29)28-19-11-25-12-20(30)22(19)21(18-10-26-27-23(18)28)14-3-2-4-17(9-14)31-16-7-5-15(24)6-8-16/h2-11,19,21-22H,12H2,1H3,(H,26,27). The molecule has 0 fully saturated rings. The van der Waals surface area contributed by atoms with Crippen LogP contribution < -0.4 is 9.64 Å². The number of rotatable bonds is 3. The number of nitrogens with zero attached hydrogens (tertiary/aromatic N) is 3. The van der Waals surface area contributed by atoms with Crippen LogP contribution in [0.25, 0.3) is 0 Å². The molecule has 0 aliphatic carbocycles. The molecule has 3 heterocycles. The van der Waals surface area contributed by atoms with Crippen LogP contribution in [0.15, 0.2) is 59.7 Å². The van der Waals surface area contributed by atoms with Gasteiger partial charge in [-0.05, 0) is 42.0 Å². The Bertz CT molecular complexity index is 1190. The van der Waals surface area contributed by atoms with E-state index in [0.29, 0.717) is 22.3 Å². The molecule has 3 unspecified atom stereocenters. The van der Waals surface area contributed by atoms with Crippen molar-refractivity contribution >= 4 is 35.3 Å². The Morgan fingerprint density at radius 2 is 2.00 bits per heavy atom. The number of amides is 1. The number of ether oxygens (including phenoxy) is 1. The van der Waals surface area contributed by atoms with Crippen LogP contribution in [0.1, 0.15) is 24.0 Å². The molecule has 0 saturated carbocycles. The second-order valence-electron chi connectivity index (χ2n) is 7.64. The highest BCUT2D eigenvalue weighted by molar-refractivity contribution is 6.30. The van der Waals surface area contributed by atoms with E-state index in [1.165, 1.54) is 6.92 Å². The number of benzene rings is 2. The summed E-state index contributed by atoms with van der Waals surface area (Å²) in [6, 6.07) is 14.3. The molecule has 0 bridgehead atoms. The van der Waals surface area contributed by atoms with E-state index in [4.69, 9.17) is 16.3 Å². The molecule has 2 aromatic carbocycles. The Kier molecular flexibility index (Phi) is 4.82. The van der Waals surface area contributed by atoms with Gasteiger partial charge in [0.05, 0.1) is 24.7 Å². The van der Waals surface area contributed by atoms with Crippen LogP contribution in [0, 0.1) is 5.92 Å². The van der Waals surface area contributed by atoms with Crippen LogP contribution in [0.2, 0.25) is 5.02 Å². The minimum atomic E-state index is -0.461. The molecule has 31 heavy (non-hydrogen) atoms. The van der Waals surface area contributed by atoms with Gasteiger partial charge in [0.1, 0.15) is 17.3 Å². The summed E-state index contributed by atoms with van der Waals surface area (Å²) in [7, 11) is 0. The lowest BCUT2D eigenvalue weighted by atomic mass is 9.71. The first-order chi connectivity index (χ1) is 15.0. The van der Waals surface area contributed by atoms with Crippen molar-refractivity contribution in [3.8, 4) is 11.5 Å². The van der Waals surface area contributed by atoms with Crippen molar-refractivity contribution in [2.75, 3.05) is 11.4 Å². The van der Waals surface area contributed by atoms with Crippen molar-refractivity contribution in [3.63, 3.8) is 0 Å².